The Labute approximate surface area is 117 Å². The molecule has 0 radical (unpaired) electrons. The zero-order chi connectivity index (χ0) is 14.5. The van der Waals surface area contributed by atoms with Gasteiger partial charge in [-0.3, -0.25) is 4.79 Å². The molecule has 20 heavy (non-hydrogen) atoms. The van der Waals surface area contributed by atoms with E-state index in [4.69, 9.17) is 10.5 Å². The quantitative estimate of drug-likeness (QED) is 0.836. The van der Waals surface area contributed by atoms with Gasteiger partial charge in [-0.2, -0.15) is 0 Å². The second-order valence-corrected chi connectivity index (χ2v) is 4.55. The van der Waals surface area contributed by atoms with Gasteiger partial charge in [0.2, 0.25) is 0 Å². The van der Waals surface area contributed by atoms with E-state index < -0.39 is 0 Å². The Bertz CT molecular complexity index is 606. The highest BCUT2D eigenvalue weighted by atomic mass is 16.5. The summed E-state index contributed by atoms with van der Waals surface area (Å²) in [7, 11) is 0. The van der Waals surface area contributed by atoms with Gasteiger partial charge >= 0.3 is 0 Å². The summed E-state index contributed by atoms with van der Waals surface area (Å²) < 4.78 is 5.37. The maximum atomic E-state index is 11.8. The molecule has 1 heterocycles. The molecule has 0 aliphatic carbocycles. The number of nitrogens with one attached hydrogen (secondary N) is 1. The monoisotopic (exact) mass is 271 g/mol. The summed E-state index contributed by atoms with van der Waals surface area (Å²) in [6, 6.07) is 10.8. The van der Waals surface area contributed by atoms with Crippen LogP contribution in [0.1, 0.15) is 11.3 Å². The smallest absolute Gasteiger partial charge is 0.263 e. The second-order valence-electron chi connectivity index (χ2n) is 4.55. The molecule has 1 aromatic heterocycles. The molecule has 0 unspecified atom stereocenters. The summed E-state index contributed by atoms with van der Waals surface area (Å²) in [5.74, 6) is 0.749. The van der Waals surface area contributed by atoms with E-state index >= 15 is 0 Å². The number of hydrogen-bond donors (Lipinski definition) is 2. The van der Waals surface area contributed by atoms with E-state index in [2.05, 4.69) is 10.3 Å². The molecule has 0 saturated carbocycles. The molecular formula is C15H17N3O2. The van der Waals surface area contributed by atoms with Crippen LogP contribution >= 0.6 is 0 Å². The van der Waals surface area contributed by atoms with Crippen LogP contribution in [0, 0.1) is 13.8 Å². The van der Waals surface area contributed by atoms with E-state index in [1.807, 2.05) is 32.0 Å². The van der Waals surface area contributed by atoms with Crippen molar-refractivity contribution in [1.29, 1.82) is 0 Å². The van der Waals surface area contributed by atoms with E-state index in [0.717, 1.165) is 11.3 Å². The Balaban J connectivity index is 1.94. The van der Waals surface area contributed by atoms with Crippen molar-refractivity contribution in [2.75, 3.05) is 17.7 Å². The van der Waals surface area contributed by atoms with Gasteiger partial charge in [0.25, 0.3) is 5.91 Å². The fourth-order valence-corrected chi connectivity index (χ4v) is 1.84. The molecular weight excluding hydrogens is 254 g/mol. The number of amides is 1. The van der Waals surface area contributed by atoms with Gasteiger partial charge in [-0.25, -0.2) is 4.98 Å². The molecule has 2 rings (SSSR count). The first-order valence-corrected chi connectivity index (χ1v) is 6.27. The van der Waals surface area contributed by atoms with Crippen LogP contribution in [0.15, 0.2) is 36.4 Å². The number of aromatic nitrogens is 1. The van der Waals surface area contributed by atoms with Gasteiger partial charge in [-0.15, -0.1) is 0 Å². The van der Waals surface area contributed by atoms with Crippen molar-refractivity contribution in [2.24, 2.45) is 0 Å². The van der Waals surface area contributed by atoms with Gasteiger partial charge in [0.05, 0.1) is 5.69 Å². The van der Waals surface area contributed by atoms with E-state index in [-0.39, 0.29) is 12.5 Å². The Hall–Kier alpha value is -2.56. The average molecular weight is 271 g/mol. The van der Waals surface area contributed by atoms with Gasteiger partial charge in [-0.05, 0) is 43.7 Å². The lowest BCUT2D eigenvalue weighted by Gasteiger charge is -2.09. The number of nitrogens with zero attached hydrogens (tertiary/aromatic N) is 1. The number of aryl methyl sites for hydroxylation is 2. The van der Waals surface area contributed by atoms with Crippen molar-refractivity contribution < 1.29 is 9.53 Å². The number of hydrogen-bond acceptors (Lipinski definition) is 4. The van der Waals surface area contributed by atoms with E-state index in [0.29, 0.717) is 17.3 Å². The van der Waals surface area contributed by atoms with Crippen LogP contribution in [-0.4, -0.2) is 17.5 Å². The van der Waals surface area contributed by atoms with Crippen molar-refractivity contribution in [3.63, 3.8) is 0 Å². The van der Waals surface area contributed by atoms with Crippen molar-refractivity contribution in [3.8, 4) is 5.75 Å². The number of ether oxygens (including phenoxy) is 1. The van der Waals surface area contributed by atoms with Crippen molar-refractivity contribution >= 4 is 17.4 Å². The summed E-state index contributed by atoms with van der Waals surface area (Å²) >= 11 is 0. The third-order valence-corrected chi connectivity index (χ3v) is 2.64. The number of nitrogen functional groups attached to an aromatic ring is 1. The zero-order valence-electron chi connectivity index (χ0n) is 11.5. The fourth-order valence-electron chi connectivity index (χ4n) is 1.84. The number of nitrogens with two attached hydrogens (primary N) is 1. The van der Waals surface area contributed by atoms with Crippen LogP contribution in [0.3, 0.4) is 0 Å². The molecule has 5 heteroatoms. The van der Waals surface area contributed by atoms with Gasteiger partial charge in [0.15, 0.2) is 6.61 Å². The standard InChI is InChI=1S/C15H17N3O2/c1-10-7-11(2)17-14(8-10)18-15(19)9-20-13-6-4-3-5-12(13)16/h3-8H,9,16H2,1-2H3,(H,17,18,19). The summed E-state index contributed by atoms with van der Waals surface area (Å²) in [6.45, 7) is 3.72. The number of para-hydroxylation sites is 2. The molecule has 0 bridgehead atoms. The minimum Gasteiger partial charge on any atom is -0.482 e. The van der Waals surface area contributed by atoms with E-state index in [1.54, 1.807) is 18.2 Å². The van der Waals surface area contributed by atoms with Gasteiger partial charge in [0, 0.05) is 5.69 Å². The Morgan fingerprint density at radius 1 is 1.30 bits per heavy atom. The van der Waals surface area contributed by atoms with Crippen LogP contribution in [-0.2, 0) is 4.79 Å². The Morgan fingerprint density at radius 3 is 2.75 bits per heavy atom. The molecule has 3 N–H and O–H groups in total. The maximum absolute atomic E-state index is 11.8. The second kappa shape index (κ2) is 6.06. The molecule has 0 atom stereocenters. The number of carbonyl (C=O) groups is 1. The molecule has 0 fully saturated rings. The lowest BCUT2D eigenvalue weighted by Crippen LogP contribution is -2.21. The lowest BCUT2D eigenvalue weighted by atomic mass is 10.2. The predicted molar refractivity (Wildman–Crippen MR) is 78.7 cm³/mol. The zero-order valence-corrected chi connectivity index (χ0v) is 11.5. The summed E-state index contributed by atoms with van der Waals surface area (Å²) in [6.07, 6.45) is 0. The van der Waals surface area contributed by atoms with Crippen LogP contribution < -0.4 is 15.8 Å². The van der Waals surface area contributed by atoms with Crippen LogP contribution in [0.2, 0.25) is 0 Å². The molecule has 2 aromatic rings. The highest BCUT2D eigenvalue weighted by Crippen LogP contribution is 2.19. The third-order valence-electron chi connectivity index (χ3n) is 2.64. The lowest BCUT2D eigenvalue weighted by molar-refractivity contribution is -0.118. The number of carbonyl (C=O) groups excluding carboxylic acids is 1. The molecule has 1 amide bonds. The summed E-state index contributed by atoms with van der Waals surface area (Å²) in [4.78, 5) is 16.0. The highest BCUT2D eigenvalue weighted by Gasteiger charge is 2.06. The minimum atomic E-state index is -0.272. The number of benzene rings is 1. The topological polar surface area (TPSA) is 77.2 Å². The summed E-state index contributed by atoms with van der Waals surface area (Å²) in [5.41, 5.74) is 8.13. The van der Waals surface area contributed by atoms with Gasteiger partial charge in [0.1, 0.15) is 11.6 Å². The van der Waals surface area contributed by atoms with E-state index in [1.165, 1.54) is 0 Å². The molecule has 0 spiro atoms. The van der Waals surface area contributed by atoms with Gasteiger partial charge < -0.3 is 15.8 Å². The number of anilines is 2. The van der Waals surface area contributed by atoms with Crippen LogP contribution in [0.4, 0.5) is 11.5 Å². The molecule has 0 aliphatic rings. The van der Waals surface area contributed by atoms with Crippen molar-refractivity contribution in [2.45, 2.75) is 13.8 Å². The first-order chi connectivity index (χ1) is 9.54. The first-order valence-electron chi connectivity index (χ1n) is 6.27. The molecule has 104 valence electrons. The van der Waals surface area contributed by atoms with E-state index in [9.17, 15) is 4.79 Å². The van der Waals surface area contributed by atoms with Crippen molar-refractivity contribution in [3.05, 3.63) is 47.7 Å². The largest absolute Gasteiger partial charge is 0.482 e. The average Bonchev–Trinajstić information content (AvgIpc) is 2.36. The third kappa shape index (κ3) is 3.71. The number of rotatable bonds is 4. The molecule has 0 saturated heterocycles. The molecule has 1 aromatic carbocycles. The predicted octanol–water partition coefficient (Wildman–Crippen LogP) is 2.30. The Kier molecular flexibility index (Phi) is 4.20. The molecule has 0 aliphatic heterocycles. The first kappa shape index (κ1) is 13.9. The normalized spacial score (nSPS) is 10.1. The minimum absolute atomic E-state index is 0.108. The SMILES string of the molecule is Cc1cc(C)nc(NC(=O)COc2ccccc2N)c1. The maximum Gasteiger partial charge on any atom is 0.263 e. The number of pyridine rings is 1. The van der Waals surface area contributed by atoms with Crippen LogP contribution in [0.25, 0.3) is 0 Å². The van der Waals surface area contributed by atoms with Crippen molar-refractivity contribution in [1.82, 2.24) is 4.98 Å². The molecule has 5 nitrogen and oxygen atoms in total. The fraction of sp³-hybridized carbons (Fsp3) is 0.200. The highest BCUT2D eigenvalue weighted by molar-refractivity contribution is 5.91. The van der Waals surface area contributed by atoms with Gasteiger partial charge in [-0.1, -0.05) is 12.1 Å². The Morgan fingerprint density at radius 2 is 2.05 bits per heavy atom. The van der Waals surface area contributed by atoms with Crippen LogP contribution in [0.5, 0.6) is 5.75 Å². The summed E-state index contributed by atoms with van der Waals surface area (Å²) in [5, 5.41) is 2.70.